The molecule has 0 amide bonds. The van der Waals surface area contributed by atoms with Crippen LogP contribution in [0.2, 0.25) is 0 Å². The van der Waals surface area contributed by atoms with E-state index in [2.05, 4.69) is 125 Å². The van der Waals surface area contributed by atoms with Gasteiger partial charge in [0.25, 0.3) is 0 Å². The van der Waals surface area contributed by atoms with Crippen molar-refractivity contribution in [2.75, 3.05) is 0 Å². The van der Waals surface area contributed by atoms with Crippen molar-refractivity contribution in [3.8, 4) is 27.9 Å². The van der Waals surface area contributed by atoms with Gasteiger partial charge in [0.2, 0.25) is 0 Å². The molecule has 0 radical (unpaired) electrons. The summed E-state index contributed by atoms with van der Waals surface area (Å²) in [5.74, 6) is 0. The zero-order valence-corrected chi connectivity index (χ0v) is 19.4. The van der Waals surface area contributed by atoms with Crippen molar-refractivity contribution in [3.05, 3.63) is 115 Å². The highest BCUT2D eigenvalue weighted by Crippen LogP contribution is 2.48. The number of nitrogens with zero attached hydrogens (tertiary/aromatic N) is 1. The molecular formula is C34H20N2. The molecule has 2 heteroatoms. The van der Waals surface area contributed by atoms with E-state index in [1.165, 1.54) is 82.3 Å². The van der Waals surface area contributed by atoms with E-state index in [0.29, 0.717) is 0 Å². The van der Waals surface area contributed by atoms with Gasteiger partial charge >= 0.3 is 0 Å². The summed E-state index contributed by atoms with van der Waals surface area (Å²) in [5.41, 5.74) is 11.4. The van der Waals surface area contributed by atoms with Crippen LogP contribution in [0.1, 0.15) is 0 Å². The molecule has 8 aromatic rings. The predicted octanol–water partition coefficient (Wildman–Crippen LogP) is 9.22. The molecule has 0 saturated heterocycles. The largest absolute Gasteiger partial charge is 0.353 e. The summed E-state index contributed by atoms with van der Waals surface area (Å²) >= 11 is 0. The van der Waals surface area contributed by atoms with Crippen LogP contribution in [0, 0.1) is 0 Å². The maximum atomic E-state index is 3.68. The predicted molar refractivity (Wildman–Crippen MR) is 152 cm³/mol. The van der Waals surface area contributed by atoms with Gasteiger partial charge in [0.05, 0.1) is 16.6 Å². The highest BCUT2D eigenvalue weighted by molar-refractivity contribution is 6.19. The topological polar surface area (TPSA) is 20.7 Å². The standard InChI is InChI=1S/C34H20N2/c1-3-13-30-26(9-1)34-33(35-30)27-10-2-4-14-31(27)36(34)23-16-15-21-18-28-24-11-5-7-20-8-6-12-25(32(20)24)29(28)19-22(21)17-23/h1-19,35H. The molecule has 1 aliphatic rings. The second-order valence-corrected chi connectivity index (χ2v) is 9.89. The number of H-pyrrole nitrogens is 1. The van der Waals surface area contributed by atoms with E-state index in [9.17, 15) is 0 Å². The summed E-state index contributed by atoms with van der Waals surface area (Å²) in [6, 6.07) is 42.3. The lowest BCUT2D eigenvalue weighted by molar-refractivity contribution is 1.19. The van der Waals surface area contributed by atoms with Crippen LogP contribution in [-0.2, 0) is 0 Å². The van der Waals surface area contributed by atoms with Crippen molar-refractivity contribution in [2.24, 2.45) is 0 Å². The maximum absolute atomic E-state index is 3.68. The Balaban J connectivity index is 1.36. The lowest BCUT2D eigenvalue weighted by Crippen LogP contribution is -1.94. The first kappa shape index (κ1) is 18.5. The number of rotatable bonds is 1. The van der Waals surface area contributed by atoms with E-state index >= 15 is 0 Å². The molecule has 1 aliphatic carbocycles. The highest BCUT2D eigenvalue weighted by atomic mass is 15.0. The van der Waals surface area contributed by atoms with E-state index < -0.39 is 0 Å². The molecule has 0 saturated carbocycles. The molecule has 36 heavy (non-hydrogen) atoms. The van der Waals surface area contributed by atoms with Crippen LogP contribution >= 0.6 is 0 Å². The molecule has 2 heterocycles. The van der Waals surface area contributed by atoms with Crippen molar-refractivity contribution in [3.63, 3.8) is 0 Å². The number of hydrogen-bond donors (Lipinski definition) is 1. The molecule has 0 fully saturated rings. The van der Waals surface area contributed by atoms with Gasteiger partial charge in [-0.2, -0.15) is 0 Å². The minimum atomic E-state index is 1.17. The first-order valence-electron chi connectivity index (χ1n) is 12.5. The van der Waals surface area contributed by atoms with Gasteiger partial charge in [-0.3, -0.25) is 0 Å². The molecule has 0 aliphatic heterocycles. The normalized spacial score (nSPS) is 12.4. The van der Waals surface area contributed by atoms with E-state index in [1.807, 2.05) is 0 Å². The zero-order chi connectivity index (χ0) is 23.4. The van der Waals surface area contributed by atoms with E-state index in [-0.39, 0.29) is 0 Å². The highest BCUT2D eigenvalue weighted by Gasteiger charge is 2.22. The van der Waals surface area contributed by atoms with Gasteiger partial charge in [-0.15, -0.1) is 0 Å². The number of aromatic nitrogens is 2. The number of fused-ring (bicyclic) bond motifs is 9. The van der Waals surface area contributed by atoms with Crippen LogP contribution in [0.25, 0.3) is 82.3 Å². The zero-order valence-electron chi connectivity index (χ0n) is 19.4. The van der Waals surface area contributed by atoms with Gasteiger partial charge in [0, 0.05) is 22.0 Å². The third-order valence-corrected chi connectivity index (χ3v) is 8.02. The van der Waals surface area contributed by atoms with Crippen molar-refractivity contribution in [2.45, 2.75) is 0 Å². The van der Waals surface area contributed by atoms with Crippen LogP contribution in [-0.4, -0.2) is 9.55 Å². The molecule has 0 atom stereocenters. The summed E-state index contributed by atoms with van der Waals surface area (Å²) in [6.07, 6.45) is 0. The van der Waals surface area contributed by atoms with Crippen LogP contribution in [0.4, 0.5) is 0 Å². The van der Waals surface area contributed by atoms with Crippen LogP contribution in [0.3, 0.4) is 0 Å². The molecule has 166 valence electrons. The molecule has 0 spiro atoms. The lowest BCUT2D eigenvalue weighted by Gasteiger charge is -2.11. The Morgan fingerprint density at radius 2 is 1.22 bits per heavy atom. The Morgan fingerprint density at radius 1 is 0.500 bits per heavy atom. The Hall–Kier alpha value is -4.82. The van der Waals surface area contributed by atoms with Gasteiger partial charge in [-0.05, 0) is 80.2 Å². The summed E-state index contributed by atoms with van der Waals surface area (Å²) in [6.45, 7) is 0. The lowest BCUT2D eigenvalue weighted by atomic mass is 9.98. The monoisotopic (exact) mass is 456 g/mol. The second kappa shape index (κ2) is 6.44. The van der Waals surface area contributed by atoms with Gasteiger partial charge in [-0.1, -0.05) is 78.9 Å². The van der Waals surface area contributed by atoms with E-state index in [4.69, 9.17) is 0 Å². The number of nitrogens with one attached hydrogen (secondary N) is 1. The number of hydrogen-bond acceptors (Lipinski definition) is 0. The average molecular weight is 457 g/mol. The first-order chi connectivity index (χ1) is 17.8. The quantitative estimate of drug-likeness (QED) is 0.254. The number of benzene rings is 6. The van der Waals surface area contributed by atoms with Gasteiger partial charge in [0.15, 0.2) is 0 Å². The summed E-state index contributed by atoms with van der Waals surface area (Å²) in [5, 5.41) is 7.73. The van der Waals surface area contributed by atoms with Crippen molar-refractivity contribution < 1.29 is 0 Å². The summed E-state index contributed by atoms with van der Waals surface area (Å²) in [4.78, 5) is 3.68. The third kappa shape index (κ3) is 2.22. The van der Waals surface area contributed by atoms with Gasteiger partial charge < -0.3 is 9.55 Å². The van der Waals surface area contributed by atoms with Gasteiger partial charge in [-0.25, -0.2) is 0 Å². The maximum Gasteiger partial charge on any atom is 0.0797 e. The molecular weight excluding hydrogens is 436 g/mol. The SMILES string of the molecule is c1cc2c3c(cccc3c1)-c1cc3cc(-n4c5ccccc5c5[nH]c6ccccc6c54)ccc3cc1-2. The third-order valence-electron chi connectivity index (χ3n) is 8.02. The summed E-state index contributed by atoms with van der Waals surface area (Å²) in [7, 11) is 0. The molecule has 2 aromatic heterocycles. The Labute approximate surface area is 207 Å². The van der Waals surface area contributed by atoms with E-state index in [0.717, 1.165) is 0 Å². The molecule has 0 bridgehead atoms. The average Bonchev–Trinajstić information content (AvgIpc) is 3.56. The van der Waals surface area contributed by atoms with Crippen LogP contribution < -0.4 is 0 Å². The Morgan fingerprint density at radius 3 is 2.06 bits per heavy atom. The number of aromatic amines is 1. The van der Waals surface area contributed by atoms with E-state index in [1.54, 1.807) is 0 Å². The fourth-order valence-electron chi connectivity index (χ4n) is 6.48. The Kier molecular flexibility index (Phi) is 3.31. The fourth-order valence-corrected chi connectivity index (χ4v) is 6.48. The molecule has 6 aromatic carbocycles. The molecule has 0 unspecified atom stereocenters. The second-order valence-electron chi connectivity index (χ2n) is 9.89. The smallest absolute Gasteiger partial charge is 0.0797 e. The number of para-hydroxylation sites is 2. The Bertz CT molecular complexity index is 2200. The molecule has 9 rings (SSSR count). The van der Waals surface area contributed by atoms with Crippen molar-refractivity contribution in [1.29, 1.82) is 0 Å². The molecule has 1 N–H and O–H groups in total. The minimum Gasteiger partial charge on any atom is -0.353 e. The van der Waals surface area contributed by atoms with Crippen molar-refractivity contribution in [1.82, 2.24) is 9.55 Å². The van der Waals surface area contributed by atoms with Gasteiger partial charge in [0.1, 0.15) is 0 Å². The first-order valence-corrected chi connectivity index (χ1v) is 12.5. The minimum absolute atomic E-state index is 1.17. The van der Waals surface area contributed by atoms with Crippen LogP contribution in [0.15, 0.2) is 115 Å². The summed E-state index contributed by atoms with van der Waals surface area (Å²) < 4.78 is 2.42. The fraction of sp³-hybridized carbons (Fsp3) is 0. The molecule has 2 nitrogen and oxygen atoms in total. The van der Waals surface area contributed by atoms with Crippen molar-refractivity contribution >= 4 is 54.4 Å². The van der Waals surface area contributed by atoms with Crippen LogP contribution in [0.5, 0.6) is 0 Å².